The highest BCUT2D eigenvalue weighted by Crippen LogP contribution is 2.63. The molecule has 0 radical (unpaired) electrons. The summed E-state index contributed by atoms with van der Waals surface area (Å²) in [6, 6.07) is 10.1. The molecule has 1 aliphatic heterocycles. The van der Waals surface area contributed by atoms with Crippen LogP contribution in [-0.2, 0) is 4.74 Å². The quantitative estimate of drug-likeness (QED) is 0.887. The number of benzene rings is 1. The maximum atomic E-state index is 12.2. The summed E-state index contributed by atoms with van der Waals surface area (Å²) in [6.45, 7) is 0.899. The van der Waals surface area contributed by atoms with Crippen molar-refractivity contribution in [1.82, 2.24) is 0 Å². The van der Waals surface area contributed by atoms with Gasteiger partial charge in [0.25, 0.3) is 5.91 Å². The number of carbonyl (C=O) groups is 1. The number of carbonyl (C=O) groups excluding carboxylic acids is 1. The molecule has 2 N–H and O–H groups in total. The van der Waals surface area contributed by atoms with Crippen LogP contribution in [0.15, 0.2) is 47.3 Å². The number of anilines is 2. The first-order valence-corrected chi connectivity index (χ1v) is 9.08. The molecule has 2 aliphatic carbocycles. The van der Waals surface area contributed by atoms with Crippen molar-refractivity contribution in [2.45, 2.75) is 37.8 Å². The Morgan fingerprint density at radius 1 is 1.20 bits per heavy atom. The van der Waals surface area contributed by atoms with Crippen molar-refractivity contribution in [3.05, 3.63) is 48.4 Å². The second kappa shape index (κ2) is 5.63. The molecular weight excluding hydrogens is 316 g/mol. The van der Waals surface area contributed by atoms with Crippen molar-refractivity contribution in [2.75, 3.05) is 17.2 Å². The molecule has 1 spiro atoms. The Hall–Kier alpha value is -2.27. The molecule has 2 saturated carbocycles. The molecule has 5 rings (SSSR count). The average Bonchev–Trinajstić information content (AvgIpc) is 3.22. The number of hydrogen-bond donors (Lipinski definition) is 2. The van der Waals surface area contributed by atoms with E-state index >= 15 is 0 Å². The number of nitrogens with one attached hydrogen (secondary N) is 2. The summed E-state index contributed by atoms with van der Waals surface area (Å²) < 4.78 is 11.0. The Labute approximate surface area is 146 Å². The number of fused-ring (bicyclic) bond motifs is 2. The van der Waals surface area contributed by atoms with Gasteiger partial charge in [-0.05, 0) is 43.5 Å². The number of rotatable bonds is 4. The van der Waals surface area contributed by atoms with E-state index in [1.165, 1.54) is 31.8 Å². The van der Waals surface area contributed by atoms with Crippen molar-refractivity contribution in [1.29, 1.82) is 0 Å². The van der Waals surface area contributed by atoms with Crippen LogP contribution in [0, 0.1) is 11.3 Å². The van der Waals surface area contributed by atoms with E-state index in [-0.39, 0.29) is 5.91 Å². The Bertz CT molecular complexity index is 782. The number of hydrogen-bond acceptors (Lipinski definition) is 4. The van der Waals surface area contributed by atoms with Gasteiger partial charge in [-0.3, -0.25) is 4.79 Å². The minimum Gasteiger partial charge on any atom is -0.472 e. The zero-order chi connectivity index (χ0) is 16.9. The van der Waals surface area contributed by atoms with Crippen molar-refractivity contribution in [2.24, 2.45) is 11.3 Å². The lowest BCUT2D eigenvalue weighted by atomic mass is 9.46. The highest BCUT2D eigenvalue weighted by atomic mass is 16.5. The molecule has 0 bridgehead atoms. The van der Waals surface area contributed by atoms with Crippen LogP contribution >= 0.6 is 0 Å². The van der Waals surface area contributed by atoms with Crippen LogP contribution in [0.25, 0.3) is 0 Å². The molecule has 5 nitrogen and oxygen atoms in total. The Balaban J connectivity index is 1.31. The van der Waals surface area contributed by atoms with Crippen LogP contribution in [-0.4, -0.2) is 24.7 Å². The molecule has 1 saturated heterocycles. The van der Waals surface area contributed by atoms with E-state index < -0.39 is 0 Å². The summed E-state index contributed by atoms with van der Waals surface area (Å²) in [7, 11) is 0. The smallest absolute Gasteiger partial charge is 0.258 e. The summed E-state index contributed by atoms with van der Waals surface area (Å²) in [5.74, 6) is 0.471. The van der Waals surface area contributed by atoms with Crippen LogP contribution < -0.4 is 10.6 Å². The summed E-state index contributed by atoms with van der Waals surface area (Å²) in [4.78, 5) is 12.2. The zero-order valence-electron chi connectivity index (χ0n) is 14.0. The average molecular weight is 338 g/mol. The largest absolute Gasteiger partial charge is 0.472 e. The first kappa shape index (κ1) is 15.0. The summed E-state index contributed by atoms with van der Waals surface area (Å²) in [5, 5.41) is 6.67. The third-order valence-electron chi connectivity index (χ3n) is 6.26. The van der Waals surface area contributed by atoms with Crippen molar-refractivity contribution >= 4 is 17.3 Å². The maximum Gasteiger partial charge on any atom is 0.258 e. The molecule has 2 aromatic rings. The molecule has 3 atom stereocenters. The third kappa shape index (κ3) is 2.29. The molecule has 1 amide bonds. The predicted molar refractivity (Wildman–Crippen MR) is 94.6 cm³/mol. The molecular formula is C20H22N2O3. The first-order valence-electron chi connectivity index (χ1n) is 9.08. The standard InChI is InChI=1S/C20H22N2O3/c23-19(13-5-9-24-12-13)22-15-4-1-3-14(11-15)21-17-16-6-10-25-18(16)20(17)7-2-8-20/h1,3-5,9,11-12,16-18,21H,2,6-8,10H2,(H,22,23)/t16-,17-,18-/m1/s1. The van der Waals surface area contributed by atoms with Crippen LogP contribution in [0.4, 0.5) is 11.4 Å². The van der Waals surface area contributed by atoms with Gasteiger partial charge in [0.15, 0.2) is 0 Å². The third-order valence-corrected chi connectivity index (χ3v) is 6.26. The lowest BCUT2D eigenvalue weighted by Crippen LogP contribution is -2.68. The predicted octanol–water partition coefficient (Wildman–Crippen LogP) is 3.90. The summed E-state index contributed by atoms with van der Waals surface area (Å²) in [5.41, 5.74) is 2.72. The molecule has 1 aromatic carbocycles. The number of amides is 1. The normalized spacial score (nSPS) is 28.7. The second-order valence-corrected chi connectivity index (χ2v) is 7.50. The van der Waals surface area contributed by atoms with Crippen LogP contribution in [0.2, 0.25) is 0 Å². The van der Waals surface area contributed by atoms with Crippen LogP contribution in [0.3, 0.4) is 0 Å². The highest BCUT2D eigenvalue weighted by molar-refractivity contribution is 6.04. The van der Waals surface area contributed by atoms with Gasteiger partial charge in [-0.1, -0.05) is 12.5 Å². The van der Waals surface area contributed by atoms with E-state index in [2.05, 4.69) is 16.7 Å². The van der Waals surface area contributed by atoms with Crippen LogP contribution in [0.1, 0.15) is 36.0 Å². The maximum absolute atomic E-state index is 12.2. The topological polar surface area (TPSA) is 63.5 Å². The molecule has 5 heteroatoms. The van der Waals surface area contributed by atoms with Crippen molar-refractivity contribution in [3.63, 3.8) is 0 Å². The van der Waals surface area contributed by atoms with Gasteiger partial charge < -0.3 is 19.8 Å². The molecule has 3 aliphatic rings. The van der Waals surface area contributed by atoms with Gasteiger partial charge in [0, 0.05) is 35.4 Å². The van der Waals surface area contributed by atoms with Gasteiger partial charge in [0.1, 0.15) is 6.26 Å². The fourth-order valence-electron chi connectivity index (χ4n) is 4.92. The Morgan fingerprint density at radius 2 is 2.08 bits per heavy atom. The number of ether oxygens (including phenoxy) is 1. The van der Waals surface area contributed by atoms with E-state index in [1.807, 2.05) is 18.2 Å². The Morgan fingerprint density at radius 3 is 2.84 bits per heavy atom. The molecule has 1 aromatic heterocycles. The summed E-state index contributed by atoms with van der Waals surface area (Å²) >= 11 is 0. The van der Waals surface area contributed by atoms with Crippen molar-refractivity contribution in [3.8, 4) is 0 Å². The monoisotopic (exact) mass is 338 g/mol. The van der Waals surface area contributed by atoms with E-state index in [1.54, 1.807) is 6.07 Å². The fourth-order valence-corrected chi connectivity index (χ4v) is 4.92. The van der Waals surface area contributed by atoms with Gasteiger partial charge in [-0.15, -0.1) is 0 Å². The molecule has 2 heterocycles. The van der Waals surface area contributed by atoms with Gasteiger partial charge in [0.2, 0.25) is 0 Å². The van der Waals surface area contributed by atoms with E-state index in [0.29, 0.717) is 29.0 Å². The molecule has 25 heavy (non-hydrogen) atoms. The van der Waals surface area contributed by atoms with E-state index in [0.717, 1.165) is 24.4 Å². The minimum absolute atomic E-state index is 0.158. The second-order valence-electron chi connectivity index (χ2n) is 7.50. The van der Waals surface area contributed by atoms with Crippen molar-refractivity contribution < 1.29 is 13.9 Å². The first-order chi connectivity index (χ1) is 12.3. The van der Waals surface area contributed by atoms with Crippen LogP contribution in [0.5, 0.6) is 0 Å². The van der Waals surface area contributed by atoms with Gasteiger partial charge in [-0.2, -0.15) is 0 Å². The molecule has 130 valence electrons. The zero-order valence-corrected chi connectivity index (χ0v) is 14.0. The lowest BCUT2D eigenvalue weighted by Gasteiger charge is -2.63. The molecule has 3 fully saturated rings. The van der Waals surface area contributed by atoms with Gasteiger partial charge in [0.05, 0.1) is 17.9 Å². The number of furan rings is 1. The fraction of sp³-hybridized carbons (Fsp3) is 0.450. The van der Waals surface area contributed by atoms with E-state index in [4.69, 9.17) is 9.15 Å². The SMILES string of the molecule is O=C(Nc1cccc(N[C@@H]2[C@H]3CCO[C@H]3C23CCC3)c1)c1ccoc1. The van der Waals surface area contributed by atoms with E-state index in [9.17, 15) is 4.79 Å². The minimum atomic E-state index is -0.158. The molecule has 0 unspecified atom stereocenters. The highest BCUT2D eigenvalue weighted by Gasteiger charge is 2.66. The van der Waals surface area contributed by atoms with Gasteiger partial charge in [-0.25, -0.2) is 0 Å². The lowest BCUT2D eigenvalue weighted by molar-refractivity contribution is -0.158. The summed E-state index contributed by atoms with van der Waals surface area (Å²) in [6.07, 6.45) is 8.41. The van der Waals surface area contributed by atoms with Gasteiger partial charge >= 0.3 is 0 Å². The Kier molecular flexibility index (Phi) is 3.38.